The van der Waals surface area contributed by atoms with Crippen LogP contribution >= 0.6 is 11.8 Å². The van der Waals surface area contributed by atoms with Gasteiger partial charge in [0, 0.05) is 37.4 Å². The molecule has 0 atom stereocenters. The van der Waals surface area contributed by atoms with E-state index in [4.69, 9.17) is 0 Å². The van der Waals surface area contributed by atoms with Gasteiger partial charge in [0.05, 0.1) is 0 Å². The van der Waals surface area contributed by atoms with Gasteiger partial charge in [-0.05, 0) is 65.0 Å². The molecular weight excluding hydrogens is 721 g/mol. The van der Waals surface area contributed by atoms with Crippen LogP contribution in [0.3, 0.4) is 0 Å². The largest absolute Gasteiger partial charge is 0.305 e. The van der Waals surface area contributed by atoms with Gasteiger partial charge in [-0.15, -0.1) is 71.4 Å². The summed E-state index contributed by atoms with van der Waals surface area (Å²) in [7, 11) is 0. The topological polar surface area (TPSA) is 25.8 Å². The summed E-state index contributed by atoms with van der Waals surface area (Å²) >= 11 is 1.82. The van der Waals surface area contributed by atoms with E-state index < -0.39 is 0 Å². The molecule has 2 nitrogen and oxygen atoms in total. The van der Waals surface area contributed by atoms with E-state index in [0.29, 0.717) is 5.92 Å². The summed E-state index contributed by atoms with van der Waals surface area (Å²) in [6, 6.07) is 44.6. The zero-order valence-corrected chi connectivity index (χ0v) is 27.7. The number of rotatable bonds is 4. The van der Waals surface area contributed by atoms with E-state index in [1.807, 2.05) is 61.4 Å². The fraction of sp³-hybridized carbons (Fsp3) is 0.128. The Hall–Kier alpha value is -3.82. The Morgan fingerprint density at radius 3 is 2.14 bits per heavy atom. The van der Waals surface area contributed by atoms with Crippen molar-refractivity contribution in [2.75, 3.05) is 0 Å². The molecular formula is C39H32IrN2S-2. The van der Waals surface area contributed by atoms with Crippen molar-refractivity contribution in [2.45, 2.75) is 37.0 Å². The van der Waals surface area contributed by atoms with E-state index >= 15 is 0 Å². The molecule has 0 saturated heterocycles. The standard InChI is InChI=1S/C27H22NS.C12H10N.Ir/c1-18(2)15-19-13-14-28-25(16-19)20-11-12-27-24(17-20)22-8-4-3-7-21(22)23-9-5-6-10-26(23)29-27;1-10-7-8-12(13-9-10)11-5-3-2-4-6-11;/h3-10,12-14,16-18H,15H2,1-2H3;2-5,7-9H,1H3;/q2*-1;. The molecule has 0 bridgehead atoms. The molecule has 1 radical (unpaired) electrons. The Labute approximate surface area is 273 Å². The van der Waals surface area contributed by atoms with Crippen LogP contribution in [0.4, 0.5) is 0 Å². The minimum Gasteiger partial charge on any atom is -0.305 e. The third kappa shape index (κ3) is 7.22. The Balaban J connectivity index is 0.000000221. The molecule has 43 heavy (non-hydrogen) atoms. The van der Waals surface area contributed by atoms with Crippen LogP contribution in [-0.4, -0.2) is 9.97 Å². The number of benzene rings is 4. The van der Waals surface area contributed by atoms with Crippen LogP contribution in [0.5, 0.6) is 0 Å². The SMILES string of the molecule is CC(C)Cc1ccnc(-c2[c-]cc3c(c2)-c2ccccc2-c2ccccc2S3)c1.Cc1ccc(-c2[c-]cccc2)nc1.[Ir]. The van der Waals surface area contributed by atoms with E-state index in [9.17, 15) is 0 Å². The van der Waals surface area contributed by atoms with Crippen molar-refractivity contribution in [3.05, 3.63) is 145 Å². The minimum atomic E-state index is 0. The van der Waals surface area contributed by atoms with E-state index in [-0.39, 0.29) is 20.1 Å². The summed E-state index contributed by atoms with van der Waals surface area (Å²) in [4.78, 5) is 11.5. The molecule has 4 heteroatoms. The average Bonchev–Trinajstić information content (AvgIpc) is 3.16. The summed E-state index contributed by atoms with van der Waals surface area (Å²) in [6.45, 7) is 6.53. The van der Waals surface area contributed by atoms with Crippen LogP contribution < -0.4 is 0 Å². The fourth-order valence-electron chi connectivity index (χ4n) is 5.17. The van der Waals surface area contributed by atoms with Gasteiger partial charge in [-0.25, -0.2) is 0 Å². The second-order valence-corrected chi connectivity index (χ2v) is 12.0. The van der Waals surface area contributed by atoms with E-state index in [0.717, 1.165) is 28.9 Å². The number of aromatic nitrogens is 2. The predicted molar refractivity (Wildman–Crippen MR) is 175 cm³/mol. The van der Waals surface area contributed by atoms with Crippen LogP contribution in [-0.2, 0) is 26.5 Å². The molecule has 0 fully saturated rings. The number of pyridine rings is 2. The van der Waals surface area contributed by atoms with Crippen LogP contribution in [0.2, 0.25) is 0 Å². The minimum absolute atomic E-state index is 0. The zero-order valence-electron chi connectivity index (χ0n) is 24.5. The summed E-state index contributed by atoms with van der Waals surface area (Å²) < 4.78 is 0. The Morgan fingerprint density at radius 2 is 1.42 bits per heavy atom. The van der Waals surface area contributed by atoms with Crippen LogP contribution in [0.25, 0.3) is 44.8 Å². The third-order valence-corrected chi connectivity index (χ3v) is 8.30. The van der Waals surface area contributed by atoms with Gasteiger partial charge in [0.25, 0.3) is 0 Å². The van der Waals surface area contributed by atoms with Gasteiger partial charge in [-0.3, -0.25) is 0 Å². The van der Waals surface area contributed by atoms with E-state index in [2.05, 4.69) is 115 Å². The maximum Gasteiger partial charge on any atom is 0.0190 e. The van der Waals surface area contributed by atoms with Crippen molar-refractivity contribution in [3.8, 4) is 44.8 Å². The van der Waals surface area contributed by atoms with Gasteiger partial charge in [-0.2, -0.15) is 0 Å². The molecule has 1 aliphatic heterocycles. The third-order valence-electron chi connectivity index (χ3n) is 7.17. The Bertz CT molecular complexity index is 1810. The molecule has 7 rings (SSSR count). The number of nitrogens with zero attached hydrogens (tertiary/aromatic N) is 2. The Morgan fingerprint density at radius 1 is 0.674 bits per heavy atom. The molecule has 3 heterocycles. The maximum absolute atomic E-state index is 4.65. The molecule has 0 saturated carbocycles. The van der Waals surface area contributed by atoms with Crippen molar-refractivity contribution in [2.24, 2.45) is 5.92 Å². The van der Waals surface area contributed by atoms with Crippen LogP contribution in [0, 0.1) is 25.0 Å². The molecule has 0 N–H and O–H groups in total. The Kier molecular flexibility index (Phi) is 10.0. The summed E-state index contributed by atoms with van der Waals surface area (Å²) in [6.07, 6.45) is 4.86. The van der Waals surface area contributed by atoms with Gasteiger partial charge in [0.1, 0.15) is 0 Å². The second-order valence-electron chi connectivity index (χ2n) is 10.9. The number of aryl methyl sites for hydroxylation is 1. The first-order valence-electron chi connectivity index (χ1n) is 14.3. The van der Waals surface area contributed by atoms with Gasteiger partial charge in [0.2, 0.25) is 0 Å². The van der Waals surface area contributed by atoms with Crippen molar-refractivity contribution < 1.29 is 20.1 Å². The predicted octanol–water partition coefficient (Wildman–Crippen LogP) is 10.4. The molecule has 0 amide bonds. The van der Waals surface area contributed by atoms with Gasteiger partial charge in [-0.1, -0.05) is 90.5 Å². The number of hydrogen-bond donors (Lipinski definition) is 0. The van der Waals surface area contributed by atoms with Crippen LogP contribution in [0.15, 0.2) is 131 Å². The molecule has 4 aromatic carbocycles. The van der Waals surface area contributed by atoms with Gasteiger partial charge < -0.3 is 9.97 Å². The molecule has 2 aromatic heterocycles. The summed E-state index contributed by atoms with van der Waals surface area (Å²) in [5.74, 6) is 0.628. The average molecular weight is 753 g/mol. The van der Waals surface area contributed by atoms with Crippen molar-refractivity contribution in [1.29, 1.82) is 0 Å². The first kappa shape index (κ1) is 30.6. The van der Waals surface area contributed by atoms with Gasteiger partial charge in [0.15, 0.2) is 0 Å². The van der Waals surface area contributed by atoms with Crippen molar-refractivity contribution in [3.63, 3.8) is 0 Å². The van der Waals surface area contributed by atoms with Crippen LogP contribution in [0.1, 0.15) is 25.0 Å². The number of fused-ring (bicyclic) bond motifs is 5. The fourth-order valence-corrected chi connectivity index (χ4v) is 6.24. The van der Waals surface area contributed by atoms with Crippen molar-refractivity contribution in [1.82, 2.24) is 9.97 Å². The van der Waals surface area contributed by atoms with E-state index in [1.165, 1.54) is 43.2 Å². The molecule has 6 aromatic rings. The first-order valence-corrected chi connectivity index (χ1v) is 15.1. The molecule has 0 unspecified atom stereocenters. The van der Waals surface area contributed by atoms with Crippen molar-refractivity contribution >= 4 is 11.8 Å². The van der Waals surface area contributed by atoms with Gasteiger partial charge >= 0.3 is 0 Å². The number of hydrogen-bond acceptors (Lipinski definition) is 3. The molecule has 215 valence electrons. The summed E-state index contributed by atoms with van der Waals surface area (Å²) in [5.41, 5.74) is 11.7. The van der Waals surface area contributed by atoms with E-state index in [1.54, 1.807) is 0 Å². The molecule has 1 aliphatic rings. The summed E-state index contributed by atoms with van der Waals surface area (Å²) in [5, 5.41) is 0. The first-order chi connectivity index (χ1) is 20.5. The quantitative estimate of drug-likeness (QED) is 0.168. The normalized spacial score (nSPS) is 11.2. The molecule has 0 spiro atoms. The maximum atomic E-state index is 4.65. The monoisotopic (exact) mass is 753 g/mol. The zero-order chi connectivity index (χ0) is 28.9. The molecule has 0 aliphatic carbocycles. The second kappa shape index (κ2) is 14.1. The smallest absolute Gasteiger partial charge is 0.0190 e.